The third-order valence-corrected chi connectivity index (χ3v) is 1.99. The van der Waals surface area contributed by atoms with Crippen molar-refractivity contribution in [2.24, 2.45) is 5.73 Å². The molecule has 0 aliphatic heterocycles. The highest BCUT2D eigenvalue weighted by atomic mass is 16.5. The average Bonchev–Trinajstić information content (AvgIpc) is 2.21. The number of nitrogens with one attached hydrogen (secondary N) is 1. The lowest BCUT2D eigenvalue weighted by Crippen LogP contribution is -2.32. The van der Waals surface area contributed by atoms with Gasteiger partial charge >= 0.3 is 0 Å². The van der Waals surface area contributed by atoms with Crippen molar-refractivity contribution in [2.75, 3.05) is 11.9 Å². The number of hydrogen-bond donors (Lipinski definition) is 2. The summed E-state index contributed by atoms with van der Waals surface area (Å²) < 4.78 is 5.40. The number of benzene rings is 1. The minimum absolute atomic E-state index is 0.388. The molecular weight excluding hydrogens is 192 g/mol. The minimum Gasteiger partial charge on any atom is -0.492 e. The summed E-state index contributed by atoms with van der Waals surface area (Å²) >= 11 is 0. The van der Waals surface area contributed by atoms with Crippen molar-refractivity contribution in [1.29, 1.82) is 0 Å². The van der Waals surface area contributed by atoms with Gasteiger partial charge in [-0.2, -0.15) is 0 Å². The predicted octanol–water partition coefficient (Wildman–Crippen LogP) is 1.37. The van der Waals surface area contributed by atoms with Crippen LogP contribution >= 0.6 is 0 Å². The second-order valence-corrected chi connectivity index (χ2v) is 3.20. The van der Waals surface area contributed by atoms with E-state index in [9.17, 15) is 4.79 Å². The standard InChI is InChI=1S/C11H16N2O2/c1-3-15-10-7-5-4-6-9(10)13-8(2)11(12)14/h4-8,13H,3H2,1-2H3,(H2,12,14). The van der Waals surface area contributed by atoms with Gasteiger partial charge in [-0.1, -0.05) is 12.1 Å². The Kier molecular flexibility index (Phi) is 3.97. The van der Waals surface area contributed by atoms with Crippen LogP contribution < -0.4 is 15.8 Å². The SMILES string of the molecule is CCOc1ccccc1NC(C)C(N)=O. The van der Waals surface area contributed by atoms with Gasteiger partial charge in [-0.15, -0.1) is 0 Å². The molecule has 0 bridgehead atoms. The fourth-order valence-corrected chi connectivity index (χ4v) is 1.17. The topological polar surface area (TPSA) is 64.3 Å². The molecule has 4 heteroatoms. The maximum atomic E-state index is 10.9. The minimum atomic E-state index is -0.411. The maximum Gasteiger partial charge on any atom is 0.239 e. The number of primary amides is 1. The number of amides is 1. The van der Waals surface area contributed by atoms with Crippen LogP contribution in [0.2, 0.25) is 0 Å². The normalized spacial score (nSPS) is 11.9. The Balaban J connectivity index is 2.79. The monoisotopic (exact) mass is 208 g/mol. The smallest absolute Gasteiger partial charge is 0.239 e. The second kappa shape index (κ2) is 5.24. The molecule has 15 heavy (non-hydrogen) atoms. The van der Waals surface area contributed by atoms with E-state index in [1.165, 1.54) is 0 Å². The molecule has 0 radical (unpaired) electrons. The van der Waals surface area contributed by atoms with Crippen molar-refractivity contribution in [3.8, 4) is 5.75 Å². The molecule has 1 aromatic rings. The van der Waals surface area contributed by atoms with Crippen molar-refractivity contribution < 1.29 is 9.53 Å². The van der Waals surface area contributed by atoms with Crippen LogP contribution in [0.15, 0.2) is 24.3 Å². The number of para-hydroxylation sites is 2. The number of anilines is 1. The molecule has 1 rings (SSSR count). The zero-order chi connectivity index (χ0) is 11.3. The molecule has 82 valence electrons. The Labute approximate surface area is 89.4 Å². The lowest BCUT2D eigenvalue weighted by molar-refractivity contribution is -0.118. The van der Waals surface area contributed by atoms with Gasteiger partial charge in [0.2, 0.25) is 5.91 Å². The van der Waals surface area contributed by atoms with Crippen LogP contribution in [0.5, 0.6) is 5.75 Å². The Hall–Kier alpha value is -1.71. The summed E-state index contributed by atoms with van der Waals surface area (Å²) in [7, 11) is 0. The highest BCUT2D eigenvalue weighted by molar-refractivity contribution is 5.83. The van der Waals surface area contributed by atoms with Gasteiger partial charge in [-0.3, -0.25) is 4.79 Å². The van der Waals surface area contributed by atoms with Crippen LogP contribution in [0.25, 0.3) is 0 Å². The average molecular weight is 208 g/mol. The summed E-state index contributed by atoms with van der Waals surface area (Å²) in [6.07, 6.45) is 0. The largest absolute Gasteiger partial charge is 0.492 e. The van der Waals surface area contributed by atoms with E-state index in [2.05, 4.69) is 5.32 Å². The zero-order valence-corrected chi connectivity index (χ0v) is 8.99. The fourth-order valence-electron chi connectivity index (χ4n) is 1.17. The highest BCUT2D eigenvalue weighted by Crippen LogP contribution is 2.24. The van der Waals surface area contributed by atoms with E-state index >= 15 is 0 Å². The van der Waals surface area contributed by atoms with Gasteiger partial charge in [-0.05, 0) is 26.0 Å². The van der Waals surface area contributed by atoms with Crippen molar-refractivity contribution in [1.82, 2.24) is 0 Å². The number of ether oxygens (including phenoxy) is 1. The molecule has 0 saturated heterocycles. The van der Waals surface area contributed by atoms with Gasteiger partial charge in [0.15, 0.2) is 0 Å². The molecule has 0 spiro atoms. The molecule has 1 unspecified atom stereocenters. The van der Waals surface area contributed by atoms with Crippen LogP contribution in [0.4, 0.5) is 5.69 Å². The molecule has 3 N–H and O–H groups in total. The lowest BCUT2D eigenvalue weighted by Gasteiger charge is -2.15. The van der Waals surface area contributed by atoms with Crippen LogP contribution in [-0.2, 0) is 4.79 Å². The van der Waals surface area contributed by atoms with Crippen molar-refractivity contribution in [3.63, 3.8) is 0 Å². The molecule has 0 fully saturated rings. The summed E-state index contributed by atoms with van der Waals surface area (Å²) in [4.78, 5) is 10.9. The van der Waals surface area contributed by atoms with Crippen molar-refractivity contribution in [3.05, 3.63) is 24.3 Å². The Morgan fingerprint density at radius 1 is 1.53 bits per heavy atom. The zero-order valence-electron chi connectivity index (χ0n) is 8.99. The first-order chi connectivity index (χ1) is 7.15. The third-order valence-electron chi connectivity index (χ3n) is 1.99. The highest BCUT2D eigenvalue weighted by Gasteiger charge is 2.10. The first-order valence-electron chi connectivity index (χ1n) is 4.92. The van der Waals surface area contributed by atoms with E-state index in [-0.39, 0.29) is 5.91 Å². The van der Waals surface area contributed by atoms with E-state index in [1.54, 1.807) is 6.92 Å². The molecule has 0 aliphatic carbocycles. The van der Waals surface area contributed by atoms with Crippen molar-refractivity contribution in [2.45, 2.75) is 19.9 Å². The number of rotatable bonds is 5. The fraction of sp³-hybridized carbons (Fsp3) is 0.364. The van der Waals surface area contributed by atoms with Gasteiger partial charge in [0, 0.05) is 0 Å². The molecule has 1 amide bonds. The van der Waals surface area contributed by atoms with Gasteiger partial charge in [-0.25, -0.2) is 0 Å². The van der Waals surface area contributed by atoms with E-state index < -0.39 is 6.04 Å². The van der Waals surface area contributed by atoms with Gasteiger partial charge in [0.1, 0.15) is 11.8 Å². The Morgan fingerprint density at radius 2 is 2.20 bits per heavy atom. The molecule has 1 atom stereocenters. The Morgan fingerprint density at radius 3 is 2.80 bits per heavy atom. The molecule has 0 aliphatic rings. The summed E-state index contributed by atoms with van der Waals surface area (Å²) in [5.74, 6) is 0.342. The van der Waals surface area contributed by atoms with Crippen molar-refractivity contribution >= 4 is 11.6 Å². The van der Waals surface area contributed by atoms with Crippen LogP contribution in [-0.4, -0.2) is 18.6 Å². The number of hydrogen-bond acceptors (Lipinski definition) is 3. The quantitative estimate of drug-likeness (QED) is 0.768. The van der Waals surface area contributed by atoms with E-state index in [4.69, 9.17) is 10.5 Å². The van der Waals surface area contributed by atoms with Crippen LogP contribution in [0.3, 0.4) is 0 Å². The van der Waals surface area contributed by atoms with Gasteiger partial charge < -0.3 is 15.8 Å². The predicted molar refractivity (Wildman–Crippen MR) is 59.9 cm³/mol. The summed E-state index contributed by atoms with van der Waals surface area (Å²) in [6.45, 7) is 4.21. The van der Waals surface area contributed by atoms with E-state index in [1.807, 2.05) is 31.2 Å². The molecule has 4 nitrogen and oxygen atoms in total. The van der Waals surface area contributed by atoms with Gasteiger partial charge in [0.25, 0.3) is 0 Å². The third kappa shape index (κ3) is 3.16. The molecular formula is C11H16N2O2. The Bertz CT molecular complexity index is 339. The molecule has 1 aromatic carbocycles. The molecule has 0 aromatic heterocycles. The summed E-state index contributed by atoms with van der Waals surface area (Å²) in [5.41, 5.74) is 5.95. The van der Waals surface area contributed by atoms with Gasteiger partial charge in [0.05, 0.1) is 12.3 Å². The summed E-state index contributed by atoms with van der Waals surface area (Å²) in [6, 6.07) is 7.04. The second-order valence-electron chi connectivity index (χ2n) is 3.20. The first-order valence-corrected chi connectivity index (χ1v) is 4.92. The molecule has 0 heterocycles. The lowest BCUT2D eigenvalue weighted by atomic mass is 10.2. The molecule has 0 saturated carbocycles. The van der Waals surface area contributed by atoms with E-state index in [0.717, 1.165) is 11.4 Å². The van der Waals surface area contributed by atoms with Crippen LogP contribution in [0.1, 0.15) is 13.8 Å². The number of nitrogens with two attached hydrogens (primary N) is 1. The van der Waals surface area contributed by atoms with Crippen LogP contribution in [0, 0.1) is 0 Å². The first kappa shape index (κ1) is 11.4. The number of carbonyl (C=O) groups is 1. The summed E-state index contributed by atoms with van der Waals surface area (Å²) in [5, 5.41) is 3.00. The number of carbonyl (C=O) groups excluding carboxylic acids is 1. The van der Waals surface area contributed by atoms with E-state index in [0.29, 0.717) is 6.61 Å². The maximum absolute atomic E-state index is 10.9.